The number of halogens is 2. The molecule has 0 aliphatic rings. The molecule has 5 nitrogen and oxygen atoms in total. The third-order valence-corrected chi connectivity index (χ3v) is 4.55. The Morgan fingerprint density at radius 1 is 1.10 bits per heavy atom. The van der Waals surface area contributed by atoms with Crippen molar-refractivity contribution in [2.45, 2.75) is 6.92 Å². The van der Waals surface area contributed by atoms with E-state index in [1.165, 1.54) is 12.1 Å². The minimum absolute atomic E-state index is 0.125. The van der Waals surface area contributed by atoms with Crippen molar-refractivity contribution >= 4 is 29.4 Å². The molecule has 1 amide bonds. The van der Waals surface area contributed by atoms with Gasteiger partial charge >= 0.3 is 0 Å². The molecule has 0 aromatic heterocycles. The number of rotatable bonds is 6. The summed E-state index contributed by atoms with van der Waals surface area (Å²) in [5, 5.41) is 10.6. The highest BCUT2D eigenvalue weighted by molar-refractivity contribution is 6.30. The molecule has 0 fully saturated rings. The molecule has 0 radical (unpaired) electrons. The van der Waals surface area contributed by atoms with Crippen molar-refractivity contribution in [3.05, 3.63) is 94.6 Å². The SMILES string of the molecule is Cc1cc(F)ccc1-c1ccc(O/C(C(=O)Nc2ccc(Cl)cc2)=C(\N)C=N)cc1. The number of anilines is 1. The number of amides is 1. The van der Waals surface area contributed by atoms with Gasteiger partial charge in [0.2, 0.25) is 5.76 Å². The molecule has 7 heteroatoms. The first-order chi connectivity index (χ1) is 14.4. The first-order valence-corrected chi connectivity index (χ1v) is 9.37. The minimum atomic E-state index is -0.600. The zero-order valence-corrected chi connectivity index (χ0v) is 16.8. The summed E-state index contributed by atoms with van der Waals surface area (Å²) < 4.78 is 19.0. The van der Waals surface area contributed by atoms with Crippen LogP contribution in [-0.4, -0.2) is 12.1 Å². The van der Waals surface area contributed by atoms with Crippen LogP contribution in [0.5, 0.6) is 5.75 Å². The normalized spacial score (nSPS) is 11.4. The Morgan fingerprint density at radius 3 is 2.37 bits per heavy atom. The summed E-state index contributed by atoms with van der Waals surface area (Å²) in [5.41, 5.74) is 8.74. The summed E-state index contributed by atoms with van der Waals surface area (Å²) >= 11 is 5.85. The van der Waals surface area contributed by atoms with E-state index in [9.17, 15) is 9.18 Å². The van der Waals surface area contributed by atoms with Crippen LogP contribution in [0.3, 0.4) is 0 Å². The van der Waals surface area contributed by atoms with Gasteiger partial charge in [-0.25, -0.2) is 4.39 Å². The highest BCUT2D eigenvalue weighted by atomic mass is 35.5. The topological polar surface area (TPSA) is 88.2 Å². The van der Waals surface area contributed by atoms with E-state index in [1.807, 2.05) is 6.92 Å². The third kappa shape index (κ3) is 5.04. The number of nitrogens with one attached hydrogen (secondary N) is 2. The summed E-state index contributed by atoms with van der Waals surface area (Å²) in [7, 11) is 0. The predicted molar refractivity (Wildman–Crippen MR) is 117 cm³/mol. The predicted octanol–water partition coefficient (Wildman–Crippen LogP) is 5.29. The van der Waals surface area contributed by atoms with Gasteiger partial charge in [0.25, 0.3) is 5.91 Å². The molecule has 0 saturated heterocycles. The molecule has 30 heavy (non-hydrogen) atoms. The van der Waals surface area contributed by atoms with Gasteiger partial charge in [0, 0.05) is 16.9 Å². The Balaban J connectivity index is 1.80. The number of nitrogens with two attached hydrogens (primary N) is 1. The van der Waals surface area contributed by atoms with Crippen molar-refractivity contribution in [3.63, 3.8) is 0 Å². The van der Waals surface area contributed by atoms with Crippen LogP contribution in [0.1, 0.15) is 5.56 Å². The molecule has 4 N–H and O–H groups in total. The van der Waals surface area contributed by atoms with Gasteiger partial charge < -0.3 is 21.2 Å². The van der Waals surface area contributed by atoms with Gasteiger partial charge in [-0.15, -0.1) is 0 Å². The van der Waals surface area contributed by atoms with E-state index in [0.717, 1.165) is 22.9 Å². The molecule has 0 atom stereocenters. The molecular weight excluding hydrogens is 405 g/mol. The van der Waals surface area contributed by atoms with E-state index in [4.69, 9.17) is 27.5 Å². The Kier molecular flexibility index (Phi) is 6.49. The van der Waals surface area contributed by atoms with Crippen LogP contribution in [-0.2, 0) is 4.79 Å². The number of hydrogen-bond acceptors (Lipinski definition) is 4. The zero-order chi connectivity index (χ0) is 21.7. The van der Waals surface area contributed by atoms with Crippen molar-refractivity contribution in [3.8, 4) is 16.9 Å². The first kappa shape index (κ1) is 21.1. The molecule has 0 unspecified atom stereocenters. The maximum atomic E-state index is 13.3. The molecule has 0 bridgehead atoms. The van der Waals surface area contributed by atoms with Crippen molar-refractivity contribution in [1.82, 2.24) is 0 Å². The van der Waals surface area contributed by atoms with Crippen LogP contribution in [0.2, 0.25) is 5.02 Å². The van der Waals surface area contributed by atoms with Gasteiger partial charge in [-0.1, -0.05) is 29.8 Å². The standard InChI is InChI=1S/C23H19ClFN3O2/c1-14-12-17(25)6-11-20(14)15-2-9-19(10-3-15)30-22(21(27)13-26)23(29)28-18-7-4-16(24)5-8-18/h2-13,26H,27H2,1H3,(H,28,29)/b22-21-,26-13?. The Bertz CT molecular complexity index is 1110. The van der Waals surface area contributed by atoms with Gasteiger partial charge in [0.05, 0.1) is 5.70 Å². The van der Waals surface area contributed by atoms with Crippen LogP contribution >= 0.6 is 11.6 Å². The fourth-order valence-corrected chi connectivity index (χ4v) is 2.92. The van der Waals surface area contributed by atoms with E-state index in [0.29, 0.717) is 16.5 Å². The zero-order valence-electron chi connectivity index (χ0n) is 16.1. The van der Waals surface area contributed by atoms with Gasteiger partial charge in [-0.05, 0) is 72.1 Å². The summed E-state index contributed by atoms with van der Waals surface area (Å²) in [4.78, 5) is 12.6. The van der Waals surface area contributed by atoms with Crippen LogP contribution in [0.25, 0.3) is 11.1 Å². The number of benzene rings is 3. The van der Waals surface area contributed by atoms with Gasteiger partial charge in [0.1, 0.15) is 11.6 Å². The lowest BCUT2D eigenvalue weighted by molar-refractivity contribution is -0.114. The summed E-state index contributed by atoms with van der Waals surface area (Å²) in [5.74, 6) is -0.730. The molecule has 0 spiro atoms. The fourth-order valence-electron chi connectivity index (χ4n) is 2.79. The van der Waals surface area contributed by atoms with Crippen LogP contribution < -0.4 is 15.8 Å². The van der Waals surface area contributed by atoms with Crippen molar-refractivity contribution < 1.29 is 13.9 Å². The second-order valence-corrected chi connectivity index (χ2v) is 6.91. The molecule has 0 saturated carbocycles. The fraction of sp³-hybridized carbons (Fsp3) is 0.0435. The number of hydrogen-bond donors (Lipinski definition) is 3. The number of ether oxygens (including phenoxy) is 1. The number of carbonyl (C=O) groups excluding carboxylic acids is 1. The number of allylic oxidation sites excluding steroid dienone is 1. The molecule has 3 aromatic rings. The van der Waals surface area contributed by atoms with E-state index in [2.05, 4.69) is 5.32 Å². The van der Waals surface area contributed by atoms with E-state index >= 15 is 0 Å². The molecular formula is C23H19ClFN3O2. The van der Waals surface area contributed by atoms with Crippen molar-refractivity contribution in [2.24, 2.45) is 5.73 Å². The maximum Gasteiger partial charge on any atom is 0.293 e. The number of aryl methyl sites for hydroxylation is 1. The summed E-state index contributed by atoms with van der Waals surface area (Å²) in [6.07, 6.45) is 0.840. The van der Waals surface area contributed by atoms with E-state index in [-0.39, 0.29) is 17.3 Å². The van der Waals surface area contributed by atoms with Crippen LogP contribution in [0.15, 0.2) is 78.2 Å². The Labute approximate surface area is 178 Å². The smallest absolute Gasteiger partial charge is 0.293 e. The average molecular weight is 424 g/mol. The van der Waals surface area contributed by atoms with E-state index < -0.39 is 5.91 Å². The van der Waals surface area contributed by atoms with E-state index in [1.54, 1.807) is 54.6 Å². The third-order valence-electron chi connectivity index (χ3n) is 4.30. The van der Waals surface area contributed by atoms with Gasteiger partial charge in [-0.2, -0.15) is 0 Å². The minimum Gasteiger partial charge on any atom is -0.449 e. The quantitative estimate of drug-likeness (QED) is 0.286. The summed E-state index contributed by atoms with van der Waals surface area (Å²) in [6, 6.07) is 18.1. The lowest BCUT2D eigenvalue weighted by Crippen LogP contribution is -2.23. The van der Waals surface area contributed by atoms with Gasteiger partial charge in [0.15, 0.2) is 0 Å². The molecule has 152 valence electrons. The monoisotopic (exact) mass is 423 g/mol. The molecule has 0 heterocycles. The lowest BCUT2D eigenvalue weighted by atomic mass is 10.0. The molecule has 0 aliphatic carbocycles. The second-order valence-electron chi connectivity index (χ2n) is 6.48. The maximum absolute atomic E-state index is 13.3. The lowest BCUT2D eigenvalue weighted by Gasteiger charge is -2.13. The largest absolute Gasteiger partial charge is 0.449 e. The van der Waals surface area contributed by atoms with Crippen LogP contribution in [0, 0.1) is 18.2 Å². The van der Waals surface area contributed by atoms with Crippen molar-refractivity contribution in [1.29, 1.82) is 5.41 Å². The average Bonchev–Trinajstić information content (AvgIpc) is 2.73. The first-order valence-electron chi connectivity index (χ1n) is 8.99. The molecule has 0 aliphatic heterocycles. The highest BCUT2D eigenvalue weighted by Crippen LogP contribution is 2.27. The highest BCUT2D eigenvalue weighted by Gasteiger charge is 2.17. The summed E-state index contributed by atoms with van der Waals surface area (Å²) in [6.45, 7) is 1.83. The Morgan fingerprint density at radius 2 is 1.77 bits per heavy atom. The van der Waals surface area contributed by atoms with Gasteiger partial charge in [-0.3, -0.25) is 4.79 Å². The Hall–Kier alpha value is -3.64. The number of carbonyl (C=O) groups is 1. The van der Waals surface area contributed by atoms with Crippen LogP contribution in [0.4, 0.5) is 10.1 Å². The molecule has 3 aromatic carbocycles. The van der Waals surface area contributed by atoms with Crippen molar-refractivity contribution in [2.75, 3.05) is 5.32 Å². The molecule has 3 rings (SSSR count). The second kappa shape index (κ2) is 9.24.